The van der Waals surface area contributed by atoms with Gasteiger partial charge in [-0.25, -0.2) is 13.4 Å². The van der Waals surface area contributed by atoms with Crippen molar-refractivity contribution in [3.05, 3.63) is 98.5 Å². The lowest BCUT2D eigenvalue weighted by Gasteiger charge is -2.38. The number of sulfonamides is 1. The molecular weight excluding hydrogens is 750 g/mol. The van der Waals surface area contributed by atoms with E-state index in [2.05, 4.69) is 47.0 Å². The van der Waals surface area contributed by atoms with Gasteiger partial charge in [-0.05, 0) is 78.9 Å². The monoisotopic (exact) mass is 791 g/mol. The summed E-state index contributed by atoms with van der Waals surface area (Å²) < 4.78 is 44.3. The van der Waals surface area contributed by atoms with E-state index in [1.165, 1.54) is 15.1 Å². The van der Waals surface area contributed by atoms with Crippen LogP contribution in [0.5, 0.6) is 0 Å². The van der Waals surface area contributed by atoms with E-state index in [1.807, 2.05) is 38.1 Å². The van der Waals surface area contributed by atoms with E-state index in [9.17, 15) is 18.0 Å². The molecule has 0 atom stereocenters. The normalized spacial score (nSPS) is 16.1. The lowest BCUT2D eigenvalue weighted by atomic mass is 9.88. The van der Waals surface area contributed by atoms with Crippen molar-refractivity contribution in [3.63, 3.8) is 0 Å². The highest BCUT2D eigenvalue weighted by Gasteiger charge is 2.38. The molecule has 14 heteroatoms. The number of halogens is 1. The molecule has 0 spiro atoms. The van der Waals surface area contributed by atoms with Crippen LogP contribution in [0.2, 0.25) is 5.04 Å². The van der Waals surface area contributed by atoms with Crippen molar-refractivity contribution in [2.24, 2.45) is 7.05 Å². The Bertz CT molecular complexity index is 2130. The minimum Gasteiger partial charge on any atom is -0.408 e. The Labute approximate surface area is 310 Å². The van der Waals surface area contributed by atoms with Crippen molar-refractivity contribution in [2.45, 2.75) is 56.6 Å². The molecule has 6 rings (SSSR count). The van der Waals surface area contributed by atoms with Gasteiger partial charge < -0.3 is 23.9 Å². The Morgan fingerprint density at radius 2 is 1.76 bits per heavy atom. The first-order valence-electron chi connectivity index (χ1n) is 16.8. The van der Waals surface area contributed by atoms with Crippen LogP contribution in [-0.4, -0.2) is 71.4 Å². The molecular formula is C37H42BrN5O6SSi. The fourth-order valence-corrected chi connectivity index (χ4v) is 9.07. The van der Waals surface area contributed by atoms with Crippen LogP contribution in [0.3, 0.4) is 0 Å². The van der Waals surface area contributed by atoms with Crippen LogP contribution >= 0.6 is 15.9 Å². The van der Waals surface area contributed by atoms with Gasteiger partial charge in [0.25, 0.3) is 21.5 Å². The molecule has 1 saturated heterocycles. The maximum Gasteiger partial charge on any atom is 0.274 e. The molecule has 268 valence electrons. The zero-order valence-electron chi connectivity index (χ0n) is 29.6. The number of carbonyl (C=O) groups excluding carboxylic acids is 1. The minimum atomic E-state index is -3.91. The van der Waals surface area contributed by atoms with Gasteiger partial charge in [0.05, 0.1) is 35.0 Å². The van der Waals surface area contributed by atoms with E-state index in [0.29, 0.717) is 60.9 Å². The molecule has 0 aliphatic carbocycles. The van der Waals surface area contributed by atoms with Crippen LogP contribution in [0.1, 0.15) is 56.1 Å². The first kappa shape index (κ1) is 37.0. The van der Waals surface area contributed by atoms with E-state index >= 15 is 0 Å². The van der Waals surface area contributed by atoms with E-state index in [-0.39, 0.29) is 43.4 Å². The van der Waals surface area contributed by atoms with Crippen molar-refractivity contribution in [2.75, 3.05) is 42.5 Å². The van der Waals surface area contributed by atoms with Crippen molar-refractivity contribution in [1.82, 2.24) is 14.5 Å². The summed E-state index contributed by atoms with van der Waals surface area (Å²) in [4.78, 5) is 32.9. The third-order valence-corrected chi connectivity index (χ3v) is 12.4. The maximum absolute atomic E-state index is 14.3. The van der Waals surface area contributed by atoms with Gasteiger partial charge in [0.2, 0.25) is 9.76 Å². The number of hydrogen-bond acceptors (Lipinski definition) is 8. The number of ether oxygens (including phenoxy) is 1. The van der Waals surface area contributed by atoms with Gasteiger partial charge in [-0.15, -0.1) is 0 Å². The molecule has 4 aromatic rings. The highest BCUT2D eigenvalue weighted by Crippen LogP contribution is 2.44. The molecule has 0 saturated carbocycles. The molecule has 2 radical (unpaired) electrons. The predicted octanol–water partition coefficient (Wildman–Crippen LogP) is 6.27. The summed E-state index contributed by atoms with van der Waals surface area (Å²) in [7, 11) is -2.11. The number of carbonyl (C=O) groups is 1. The van der Waals surface area contributed by atoms with Crippen LogP contribution in [0.4, 0.5) is 17.2 Å². The summed E-state index contributed by atoms with van der Waals surface area (Å²) in [6.07, 6.45) is 3.79. The number of nitrogens with zero attached hydrogens (tertiary/aromatic N) is 4. The molecule has 2 aromatic heterocycles. The van der Waals surface area contributed by atoms with E-state index < -0.39 is 15.6 Å². The maximum atomic E-state index is 14.3. The third kappa shape index (κ3) is 7.85. The first-order chi connectivity index (χ1) is 24.0. The first-order valence-corrected chi connectivity index (χ1v) is 19.9. The topological polar surface area (TPSA) is 123 Å². The minimum absolute atomic E-state index is 0.119. The molecule has 1 amide bonds. The Morgan fingerprint density at radius 3 is 2.45 bits per heavy atom. The molecule has 1 fully saturated rings. The summed E-state index contributed by atoms with van der Waals surface area (Å²) in [5.41, 5.74) is 2.91. The average Bonchev–Trinajstić information content (AvgIpc) is 3.09. The number of morpholine rings is 1. The number of fused-ring (bicyclic) bond motifs is 1. The fourth-order valence-electron chi connectivity index (χ4n) is 6.29. The lowest BCUT2D eigenvalue weighted by Crippen LogP contribution is -2.40. The molecule has 51 heavy (non-hydrogen) atoms. The smallest absolute Gasteiger partial charge is 0.274 e. The number of benzene rings is 2. The largest absolute Gasteiger partial charge is 0.408 e. The van der Waals surface area contributed by atoms with Crippen molar-refractivity contribution < 1.29 is 22.4 Å². The van der Waals surface area contributed by atoms with Gasteiger partial charge in [0.15, 0.2) is 0 Å². The Kier molecular flexibility index (Phi) is 10.4. The van der Waals surface area contributed by atoms with Crippen LogP contribution in [0, 0.1) is 0 Å². The molecule has 2 aliphatic rings. The third-order valence-electron chi connectivity index (χ3n) is 8.77. The number of rotatable bonds is 8. The van der Waals surface area contributed by atoms with Gasteiger partial charge in [-0.1, -0.05) is 48.8 Å². The van der Waals surface area contributed by atoms with Gasteiger partial charge in [-0.3, -0.25) is 13.9 Å². The molecule has 2 aromatic carbocycles. The number of aromatic nitrogens is 2. The number of nitrogens with one attached hydrogen (secondary N) is 1. The fraction of sp³-hybridized carbons (Fsp3) is 0.378. The summed E-state index contributed by atoms with van der Waals surface area (Å²) >= 11 is 3.48. The van der Waals surface area contributed by atoms with Gasteiger partial charge >= 0.3 is 0 Å². The van der Waals surface area contributed by atoms with E-state index in [1.54, 1.807) is 48.5 Å². The number of hydrogen-bond donors (Lipinski definition) is 1. The van der Waals surface area contributed by atoms with Crippen LogP contribution in [-0.2, 0) is 38.3 Å². The highest BCUT2D eigenvalue weighted by atomic mass is 79.9. The number of aryl methyl sites for hydroxylation is 1. The van der Waals surface area contributed by atoms with Gasteiger partial charge in [-0.2, -0.15) is 0 Å². The Morgan fingerprint density at radius 1 is 1.02 bits per heavy atom. The number of pyridine rings is 2. The van der Waals surface area contributed by atoms with Crippen molar-refractivity contribution in [1.29, 1.82) is 0 Å². The number of amides is 1. The van der Waals surface area contributed by atoms with E-state index in [0.717, 1.165) is 15.6 Å². The summed E-state index contributed by atoms with van der Waals surface area (Å²) in [5.74, 6) is 0.281. The zero-order chi connectivity index (χ0) is 36.7. The summed E-state index contributed by atoms with van der Waals surface area (Å²) in [6, 6.07) is 16.0. The van der Waals surface area contributed by atoms with E-state index in [4.69, 9.17) is 9.16 Å². The van der Waals surface area contributed by atoms with Crippen LogP contribution in [0.25, 0.3) is 11.1 Å². The molecule has 1 N–H and O–H groups in total. The van der Waals surface area contributed by atoms with Crippen LogP contribution < -0.4 is 15.2 Å². The molecule has 0 unspecified atom stereocenters. The van der Waals surface area contributed by atoms with Crippen LogP contribution in [0.15, 0.2) is 81.2 Å². The van der Waals surface area contributed by atoms with Crippen molar-refractivity contribution in [3.8, 4) is 11.1 Å². The molecule has 0 bridgehead atoms. The SMILES string of the molecule is Cn1cc(-c2cccc(N3CCc4cc(Br)ccc4S3(=O)=O)c2C(C)(C)O[Si]C(C)(C)C)cc(Nc2ccc(C(=O)N3CCOCC3)cn2)c1=O. The average molecular weight is 793 g/mol. The second kappa shape index (κ2) is 14.3. The Hall–Kier alpha value is -3.82. The lowest BCUT2D eigenvalue weighted by molar-refractivity contribution is 0.0302. The molecule has 4 heterocycles. The standard InChI is InChI=1S/C37H42BrN5O6SSi/c1-36(2,3)51-49-37(4,5)33-28(8-7-9-30(33)43-15-14-24-20-27(38)11-12-31(24)50(43,46)47)26-21-29(35(45)41(6)23-26)40-32-13-10-25(22-39-32)34(44)42-16-18-48-19-17-42/h7-13,20-23H,14-19H2,1-6H3,(H,39,40). The van der Waals surface area contributed by atoms with Gasteiger partial charge in [0.1, 0.15) is 11.5 Å². The quantitative estimate of drug-likeness (QED) is 0.208. The second-order valence-corrected chi connectivity index (χ2v) is 18.9. The Balaban J connectivity index is 1.42. The summed E-state index contributed by atoms with van der Waals surface area (Å²) in [6.45, 7) is 12.5. The highest BCUT2D eigenvalue weighted by molar-refractivity contribution is 9.10. The van der Waals surface area contributed by atoms with Gasteiger partial charge in [0, 0.05) is 54.7 Å². The van der Waals surface area contributed by atoms with Crippen molar-refractivity contribution >= 4 is 58.8 Å². The second-order valence-electron chi connectivity index (χ2n) is 14.3. The zero-order valence-corrected chi connectivity index (χ0v) is 33.0. The summed E-state index contributed by atoms with van der Waals surface area (Å²) in [5, 5.41) is 3.02. The number of anilines is 3. The molecule has 2 aliphatic heterocycles. The predicted molar refractivity (Wildman–Crippen MR) is 203 cm³/mol. The molecule has 11 nitrogen and oxygen atoms in total.